The van der Waals surface area contributed by atoms with Gasteiger partial charge in [0, 0.05) is 12.6 Å². The van der Waals surface area contributed by atoms with Crippen LogP contribution in [0.1, 0.15) is 34.5 Å². The molecule has 0 amide bonds. The van der Waals surface area contributed by atoms with Gasteiger partial charge in [-0.1, -0.05) is 29.8 Å². The molecule has 180 valence electrons. The second-order valence-corrected chi connectivity index (χ2v) is 7.95. The Kier molecular flexibility index (Phi) is 8.06. The summed E-state index contributed by atoms with van der Waals surface area (Å²) in [7, 11) is 1.58. The molecule has 0 heterocycles. The molecule has 9 heteroatoms. The van der Waals surface area contributed by atoms with E-state index in [1.54, 1.807) is 7.11 Å². The van der Waals surface area contributed by atoms with Crippen LogP contribution in [0.4, 0.5) is 13.2 Å². The van der Waals surface area contributed by atoms with Gasteiger partial charge in [0.15, 0.2) is 0 Å². The summed E-state index contributed by atoms with van der Waals surface area (Å²) in [6.07, 6.45) is -4.60. The molecular formula is C25H23ClF3NO4. The molecule has 0 saturated heterocycles. The molecule has 0 aliphatic rings. The Balaban J connectivity index is 1.75. The quantitative estimate of drug-likeness (QED) is 0.335. The molecule has 0 aromatic heterocycles. The molecule has 0 fully saturated rings. The van der Waals surface area contributed by atoms with Gasteiger partial charge in [-0.05, 0) is 66.1 Å². The standard InChI is InChI=1S/C25H23ClF3NO4/c1-15(16-4-3-5-20(11-16)33-2)30-8-9-34-21-12-18(10-19(14-21)25(27,28)29)17-6-7-23(26)22(13-17)24(31)32/h3-7,10-15,30H,8-9H2,1-2H3,(H,31,32). The number of hydrogen-bond donors (Lipinski definition) is 2. The number of carboxylic acids is 1. The third-order valence-electron chi connectivity index (χ3n) is 5.18. The average molecular weight is 494 g/mol. The van der Waals surface area contributed by atoms with E-state index in [0.717, 1.165) is 23.4 Å². The van der Waals surface area contributed by atoms with Crippen LogP contribution in [-0.2, 0) is 6.18 Å². The molecule has 1 atom stereocenters. The predicted molar refractivity (Wildman–Crippen MR) is 124 cm³/mol. The van der Waals surface area contributed by atoms with Crippen LogP contribution in [0.25, 0.3) is 11.1 Å². The van der Waals surface area contributed by atoms with Crippen LogP contribution in [-0.4, -0.2) is 31.3 Å². The fraction of sp³-hybridized carbons (Fsp3) is 0.240. The number of halogens is 4. The molecule has 3 aromatic rings. The van der Waals surface area contributed by atoms with Crippen molar-refractivity contribution in [1.82, 2.24) is 5.32 Å². The number of methoxy groups -OCH3 is 1. The van der Waals surface area contributed by atoms with Crippen LogP contribution in [0.15, 0.2) is 60.7 Å². The minimum Gasteiger partial charge on any atom is -0.497 e. The van der Waals surface area contributed by atoms with E-state index in [1.807, 2.05) is 31.2 Å². The fourth-order valence-electron chi connectivity index (χ4n) is 3.35. The average Bonchev–Trinajstić information content (AvgIpc) is 2.81. The molecule has 0 aliphatic carbocycles. The molecule has 3 rings (SSSR count). The number of carboxylic acid groups (broad SMARTS) is 1. The third-order valence-corrected chi connectivity index (χ3v) is 5.51. The van der Waals surface area contributed by atoms with E-state index in [2.05, 4.69) is 5.32 Å². The van der Waals surface area contributed by atoms with Crippen LogP contribution in [0.3, 0.4) is 0 Å². The smallest absolute Gasteiger partial charge is 0.416 e. The number of benzene rings is 3. The highest BCUT2D eigenvalue weighted by Gasteiger charge is 2.31. The highest BCUT2D eigenvalue weighted by Crippen LogP contribution is 2.36. The second kappa shape index (κ2) is 10.8. The van der Waals surface area contributed by atoms with Crippen molar-refractivity contribution in [2.45, 2.75) is 19.1 Å². The van der Waals surface area contributed by atoms with E-state index in [1.165, 1.54) is 24.3 Å². The van der Waals surface area contributed by atoms with E-state index < -0.39 is 17.7 Å². The highest BCUT2D eigenvalue weighted by molar-refractivity contribution is 6.33. The molecule has 0 spiro atoms. The summed E-state index contributed by atoms with van der Waals surface area (Å²) in [6.45, 7) is 2.46. The molecular weight excluding hydrogens is 471 g/mol. The second-order valence-electron chi connectivity index (χ2n) is 7.54. The van der Waals surface area contributed by atoms with Gasteiger partial charge in [-0.15, -0.1) is 0 Å². The van der Waals surface area contributed by atoms with Crippen LogP contribution < -0.4 is 14.8 Å². The third kappa shape index (κ3) is 6.42. The molecule has 1 unspecified atom stereocenters. The predicted octanol–water partition coefficient (Wildman–Crippen LogP) is 6.46. The summed E-state index contributed by atoms with van der Waals surface area (Å²) >= 11 is 5.89. The Bertz CT molecular complexity index is 1170. The summed E-state index contributed by atoms with van der Waals surface area (Å²) < 4.78 is 51.3. The van der Waals surface area contributed by atoms with Crippen LogP contribution >= 0.6 is 11.6 Å². The Labute approximate surface area is 200 Å². The molecule has 2 N–H and O–H groups in total. The first-order valence-electron chi connectivity index (χ1n) is 10.3. The maximum absolute atomic E-state index is 13.5. The number of nitrogens with one attached hydrogen (secondary N) is 1. The van der Waals surface area contributed by atoms with Gasteiger partial charge in [0.1, 0.15) is 18.1 Å². The van der Waals surface area contributed by atoms with Crippen LogP contribution in [0.2, 0.25) is 5.02 Å². The molecule has 0 saturated carbocycles. The Morgan fingerprint density at radius 2 is 1.82 bits per heavy atom. The van der Waals surface area contributed by atoms with E-state index >= 15 is 0 Å². The van der Waals surface area contributed by atoms with Crippen LogP contribution in [0, 0.1) is 0 Å². The highest BCUT2D eigenvalue weighted by atomic mass is 35.5. The number of hydrogen-bond acceptors (Lipinski definition) is 4. The van der Waals surface area contributed by atoms with Gasteiger partial charge >= 0.3 is 12.1 Å². The van der Waals surface area contributed by atoms with E-state index in [-0.39, 0.29) is 40.1 Å². The van der Waals surface area contributed by atoms with Crippen molar-refractivity contribution in [1.29, 1.82) is 0 Å². The zero-order chi connectivity index (χ0) is 24.9. The largest absolute Gasteiger partial charge is 0.497 e. The van der Waals surface area contributed by atoms with Gasteiger partial charge in [-0.2, -0.15) is 13.2 Å². The van der Waals surface area contributed by atoms with Gasteiger partial charge < -0.3 is 19.9 Å². The maximum atomic E-state index is 13.5. The molecule has 34 heavy (non-hydrogen) atoms. The van der Waals surface area contributed by atoms with Gasteiger partial charge in [0.2, 0.25) is 0 Å². The number of rotatable bonds is 9. The van der Waals surface area contributed by atoms with Crippen molar-refractivity contribution < 1.29 is 32.5 Å². The molecule has 0 bridgehead atoms. The molecule has 0 aliphatic heterocycles. The minimum absolute atomic E-state index is 0.00377. The first-order chi connectivity index (χ1) is 16.1. The number of alkyl halides is 3. The lowest BCUT2D eigenvalue weighted by Crippen LogP contribution is -2.24. The molecule has 5 nitrogen and oxygen atoms in total. The van der Waals surface area contributed by atoms with Crippen molar-refractivity contribution in [2.24, 2.45) is 0 Å². The van der Waals surface area contributed by atoms with Crippen LogP contribution in [0.5, 0.6) is 11.5 Å². The Morgan fingerprint density at radius 3 is 2.50 bits per heavy atom. The first kappa shape index (κ1) is 25.4. The normalized spacial score (nSPS) is 12.3. The fourth-order valence-corrected chi connectivity index (χ4v) is 3.55. The first-order valence-corrected chi connectivity index (χ1v) is 10.7. The zero-order valence-electron chi connectivity index (χ0n) is 18.4. The van der Waals surface area contributed by atoms with E-state index in [0.29, 0.717) is 6.54 Å². The monoisotopic (exact) mass is 493 g/mol. The lowest BCUT2D eigenvalue weighted by Gasteiger charge is -2.17. The summed E-state index contributed by atoms with van der Waals surface area (Å²) in [6, 6.07) is 14.9. The van der Waals surface area contributed by atoms with Crippen molar-refractivity contribution in [3.05, 3.63) is 82.4 Å². The van der Waals surface area contributed by atoms with Gasteiger partial charge in [0.25, 0.3) is 0 Å². The van der Waals surface area contributed by atoms with Gasteiger partial charge in [-0.3, -0.25) is 0 Å². The van der Waals surface area contributed by atoms with Gasteiger partial charge in [-0.25, -0.2) is 4.79 Å². The Morgan fingerprint density at radius 1 is 1.06 bits per heavy atom. The number of aromatic carboxylic acids is 1. The molecule has 3 aromatic carbocycles. The van der Waals surface area contributed by atoms with Crippen molar-refractivity contribution in [3.8, 4) is 22.6 Å². The van der Waals surface area contributed by atoms with Crippen molar-refractivity contribution in [3.63, 3.8) is 0 Å². The summed E-state index contributed by atoms with van der Waals surface area (Å²) in [5.74, 6) is -0.522. The van der Waals surface area contributed by atoms with E-state index in [9.17, 15) is 23.1 Å². The summed E-state index contributed by atoms with van der Waals surface area (Å²) in [5.41, 5.74) is 0.348. The summed E-state index contributed by atoms with van der Waals surface area (Å²) in [4.78, 5) is 11.4. The topological polar surface area (TPSA) is 67.8 Å². The molecule has 0 radical (unpaired) electrons. The number of ether oxygens (including phenoxy) is 2. The van der Waals surface area contributed by atoms with Gasteiger partial charge in [0.05, 0.1) is 23.3 Å². The number of carbonyl (C=O) groups is 1. The van der Waals surface area contributed by atoms with E-state index in [4.69, 9.17) is 21.1 Å². The van der Waals surface area contributed by atoms with Crippen molar-refractivity contribution >= 4 is 17.6 Å². The Hall–Kier alpha value is -3.23. The maximum Gasteiger partial charge on any atom is 0.416 e. The summed E-state index contributed by atoms with van der Waals surface area (Å²) in [5, 5.41) is 12.5. The lowest BCUT2D eigenvalue weighted by molar-refractivity contribution is -0.137. The minimum atomic E-state index is -4.60. The SMILES string of the molecule is COc1cccc(C(C)NCCOc2cc(-c3ccc(Cl)c(C(=O)O)c3)cc(C(F)(F)F)c2)c1. The lowest BCUT2D eigenvalue weighted by atomic mass is 10.00. The zero-order valence-corrected chi connectivity index (χ0v) is 19.2. The van der Waals surface area contributed by atoms with Crippen molar-refractivity contribution in [2.75, 3.05) is 20.3 Å².